The number of rotatable bonds is 4. The van der Waals surface area contributed by atoms with E-state index in [9.17, 15) is 9.18 Å². The molecule has 2 aromatic carbocycles. The molecule has 136 valence electrons. The number of fused-ring (bicyclic) bond motifs is 3. The van der Waals surface area contributed by atoms with Crippen molar-refractivity contribution in [2.45, 2.75) is 0 Å². The second-order valence-corrected chi connectivity index (χ2v) is 7.85. The van der Waals surface area contributed by atoms with Gasteiger partial charge in [-0.15, -0.1) is 0 Å². The van der Waals surface area contributed by atoms with Crippen molar-refractivity contribution in [3.63, 3.8) is 0 Å². The van der Waals surface area contributed by atoms with Gasteiger partial charge in [-0.05, 0) is 39.7 Å². The van der Waals surface area contributed by atoms with E-state index in [0.29, 0.717) is 27.7 Å². The molecule has 27 heavy (non-hydrogen) atoms. The van der Waals surface area contributed by atoms with Crippen molar-refractivity contribution in [1.29, 1.82) is 5.41 Å². The normalized spacial score (nSPS) is 11.6. The zero-order chi connectivity index (χ0) is 19.1. The molecule has 0 saturated carbocycles. The van der Waals surface area contributed by atoms with Crippen molar-refractivity contribution < 1.29 is 8.81 Å². The first kappa shape index (κ1) is 17.9. The molecule has 0 bridgehead atoms. The van der Waals surface area contributed by atoms with Gasteiger partial charge in [0.2, 0.25) is 5.71 Å². The van der Waals surface area contributed by atoms with Crippen LogP contribution in [0, 0.1) is 11.2 Å². The van der Waals surface area contributed by atoms with E-state index in [1.807, 2.05) is 18.2 Å². The first-order valence-electron chi connectivity index (χ1n) is 7.84. The Hall–Kier alpha value is -2.45. The molecule has 2 heterocycles. The molecule has 2 aromatic heterocycles. The first-order chi connectivity index (χ1) is 13.1. The number of anilines is 2. The molecule has 1 unspecified atom stereocenters. The van der Waals surface area contributed by atoms with Gasteiger partial charge in [-0.3, -0.25) is 9.78 Å². The maximum Gasteiger partial charge on any atom is 0.274 e. The number of pyridine rings is 1. The number of para-hydroxylation sites is 1. The van der Waals surface area contributed by atoms with Crippen molar-refractivity contribution in [2.24, 2.45) is 0 Å². The molecule has 5 N–H and O–H groups in total. The zero-order valence-corrected chi connectivity index (χ0v) is 16.8. The smallest absolute Gasteiger partial charge is 0.274 e. The SMILES string of the molecule is N=Cc1c(-c2c(N)c(=O)[nH]c3oc4ccccc4c23)ccc(F)c1NPI. The Kier molecular flexibility index (Phi) is 4.61. The van der Waals surface area contributed by atoms with E-state index < -0.39 is 11.4 Å². The minimum atomic E-state index is -0.498. The van der Waals surface area contributed by atoms with Crippen molar-refractivity contribution in [3.8, 4) is 11.1 Å². The van der Waals surface area contributed by atoms with Crippen LogP contribution in [0.15, 0.2) is 45.6 Å². The summed E-state index contributed by atoms with van der Waals surface area (Å²) in [6.07, 6.45) is 1.27. The van der Waals surface area contributed by atoms with Crippen LogP contribution in [-0.4, -0.2) is 11.2 Å². The summed E-state index contributed by atoms with van der Waals surface area (Å²) in [6, 6.07) is 10.2. The lowest BCUT2D eigenvalue weighted by atomic mass is 9.94. The number of hydrogen-bond donors (Lipinski definition) is 4. The van der Waals surface area contributed by atoms with E-state index in [4.69, 9.17) is 15.6 Å². The molecule has 6 nitrogen and oxygen atoms in total. The van der Waals surface area contributed by atoms with E-state index >= 15 is 0 Å². The monoisotopic (exact) mass is 494 g/mol. The van der Waals surface area contributed by atoms with E-state index in [1.54, 1.807) is 6.07 Å². The molecular formula is C18H13FIN4O2P. The number of aromatic nitrogens is 1. The maximum absolute atomic E-state index is 14.3. The number of nitrogens with two attached hydrogens (primary N) is 1. The molecule has 4 rings (SSSR count). The van der Waals surface area contributed by atoms with E-state index in [2.05, 4.69) is 32.1 Å². The minimum Gasteiger partial charge on any atom is -0.440 e. The van der Waals surface area contributed by atoms with E-state index in [-0.39, 0.29) is 23.5 Å². The molecule has 0 amide bonds. The van der Waals surface area contributed by atoms with Gasteiger partial charge in [0.15, 0.2) is 0 Å². The van der Waals surface area contributed by atoms with Crippen LogP contribution >= 0.6 is 28.4 Å². The van der Waals surface area contributed by atoms with Gasteiger partial charge >= 0.3 is 0 Å². The summed E-state index contributed by atoms with van der Waals surface area (Å²) in [5, 5.41) is 12.2. The van der Waals surface area contributed by atoms with Crippen LogP contribution in [-0.2, 0) is 0 Å². The van der Waals surface area contributed by atoms with Gasteiger partial charge < -0.3 is 20.6 Å². The molecule has 9 heteroatoms. The molecule has 1 atom stereocenters. The highest BCUT2D eigenvalue weighted by Gasteiger charge is 2.22. The number of hydrogen-bond acceptors (Lipinski definition) is 5. The highest BCUT2D eigenvalue weighted by atomic mass is 127. The largest absolute Gasteiger partial charge is 0.440 e. The molecule has 4 aromatic rings. The Morgan fingerprint density at radius 1 is 1.30 bits per heavy atom. The number of aromatic amines is 1. The summed E-state index contributed by atoms with van der Waals surface area (Å²) in [7, 11) is 0. The second-order valence-electron chi connectivity index (χ2n) is 5.79. The molecule has 0 fully saturated rings. The van der Waals surface area contributed by atoms with Crippen molar-refractivity contribution in [1.82, 2.24) is 4.98 Å². The predicted octanol–water partition coefficient (Wildman–Crippen LogP) is 5.02. The highest BCUT2D eigenvalue weighted by molar-refractivity contribution is 14.2. The minimum absolute atomic E-state index is 0.00775. The Labute approximate surface area is 167 Å². The number of benzene rings is 2. The summed E-state index contributed by atoms with van der Waals surface area (Å²) >= 11 is 2.08. The number of nitrogens with one attached hydrogen (secondary N) is 3. The maximum atomic E-state index is 14.3. The zero-order valence-electron chi connectivity index (χ0n) is 13.7. The average Bonchev–Trinajstić information content (AvgIpc) is 3.02. The summed E-state index contributed by atoms with van der Waals surface area (Å²) in [4.78, 5) is 15.0. The summed E-state index contributed by atoms with van der Waals surface area (Å²) in [5.41, 5.74) is 7.97. The van der Waals surface area contributed by atoms with Crippen molar-refractivity contribution >= 4 is 68.1 Å². The van der Waals surface area contributed by atoms with Crippen molar-refractivity contribution in [2.75, 3.05) is 10.8 Å². The standard InChI is InChI=1S/C18H13FIN4O2P/c19-11-6-5-8(10(7-21)16(11)24-27-20)13-14-9-3-1-2-4-12(9)26-18(14)23-17(25)15(13)22/h1-7,21,24,27H,22H2,(H,23,25). The molecular weight excluding hydrogens is 481 g/mol. The van der Waals surface area contributed by atoms with Gasteiger partial charge in [0.25, 0.3) is 5.56 Å². The molecule has 0 saturated heterocycles. The summed E-state index contributed by atoms with van der Waals surface area (Å²) in [5.74, 6) is -0.474. The quantitative estimate of drug-likeness (QED) is 0.182. The van der Waals surface area contributed by atoms with E-state index in [1.165, 1.54) is 12.1 Å². The van der Waals surface area contributed by atoms with Crippen LogP contribution in [0.2, 0.25) is 0 Å². The number of furan rings is 1. The highest BCUT2D eigenvalue weighted by Crippen LogP contribution is 2.41. The third-order valence-electron chi connectivity index (χ3n) is 4.37. The number of nitrogen functional groups attached to an aromatic ring is 1. The van der Waals surface area contributed by atoms with Gasteiger partial charge in [-0.1, -0.05) is 24.3 Å². The average molecular weight is 494 g/mol. The molecule has 0 radical (unpaired) electrons. The Balaban J connectivity index is 2.20. The molecule has 0 aliphatic heterocycles. The van der Waals surface area contributed by atoms with Gasteiger partial charge in [0.1, 0.15) is 17.1 Å². The third-order valence-corrected chi connectivity index (χ3v) is 5.52. The third kappa shape index (κ3) is 2.80. The van der Waals surface area contributed by atoms with Crippen LogP contribution in [0.25, 0.3) is 33.2 Å². The molecule has 0 spiro atoms. The Bertz CT molecular complexity index is 1270. The first-order valence-corrected chi connectivity index (χ1v) is 12.0. The Morgan fingerprint density at radius 3 is 2.81 bits per heavy atom. The number of H-pyrrole nitrogens is 1. The van der Waals surface area contributed by atoms with Gasteiger partial charge in [-0.25, -0.2) is 4.39 Å². The fourth-order valence-corrected chi connectivity index (χ4v) is 4.37. The van der Waals surface area contributed by atoms with Crippen LogP contribution < -0.4 is 16.4 Å². The lowest BCUT2D eigenvalue weighted by Crippen LogP contribution is -2.13. The summed E-state index contributed by atoms with van der Waals surface area (Å²) in [6.45, 7) is 0. The van der Waals surface area contributed by atoms with Crippen LogP contribution in [0.3, 0.4) is 0 Å². The molecule has 0 aliphatic rings. The molecule has 0 aliphatic carbocycles. The lowest BCUT2D eigenvalue weighted by Gasteiger charge is -2.15. The Morgan fingerprint density at radius 2 is 2.07 bits per heavy atom. The van der Waals surface area contributed by atoms with Gasteiger partial charge in [0.05, 0.1) is 11.1 Å². The fourth-order valence-electron chi connectivity index (χ4n) is 3.22. The topological polar surface area (TPSA) is 108 Å². The van der Waals surface area contributed by atoms with E-state index in [0.717, 1.165) is 11.6 Å². The number of halogens is 2. The van der Waals surface area contributed by atoms with Crippen LogP contribution in [0.4, 0.5) is 15.8 Å². The predicted molar refractivity (Wildman–Crippen MR) is 118 cm³/mol. The lowest BCUT2D eigenvalue weighted by molar-refractivity contribution is 0.632. The van der Waals surface area contributed by atoms with Gasteiger partial charge in [0, 0.05) is 29.1 Å². The van der Waals surface area contributed by atoms with Gasteiger partial charge in [-0.2, -0.15) is 0 Å². The van der Waals surface area contributed by atoms with Crippen LogP contribution in [0.5, 0.6) is 0 Å². The fraction of sp³-hybridized carbons (Fsp3) is 0. The van der Waals surface area contributed by atoms with Crippen LogP contribution in [0.1, 0.15) is 5.56 Å². The summed E-state index contributed by atoms with van der Waals surface area (Å²) < 4.78 is 20.1. The van der Waals surface area contributed by atoms with Crippen molar-refractivity contribution in [3.05, 3.63) is 58.1 Å². The second kappa shape index (κ2) is 6.94.